The summed E-state index contributed by atoms with van der Waals surface area (Å²) in [7, 11) is 6.94. The number of anilines is 2. The third-order valence-electron chi connectivity index (χ3n) is 11.4. The van der Waals surface area contributed by atoms with Gasteiger partial charge in [-0.1, -0.05) is 0 Å². The molecule has 5 heterocycles. The molecule has 6 rings (SSSR count). The summed E-state index contributed by atoms with van der Waals surface area (Å²) in [5.74, 6) is -4.43. The van der Waals surface area contributed by atoms with Gasteiger partial charge in [-0.2, -0.15) is 0 Å². The molecule has 2 saturated heterocycles. The van der Waals surface area contributed by atoms with Crippen LogP contribution in [0.1, 0.15) is 97.4 Å². The third-order valence-corrected chi connectivity index (χ3v) is 11.4. The van der Waals surface area contributed by atoms with Crippen LogP contribution in [0.15, 0.2) is 41.7 Å². The predicted molar refractivity (Wildman–Crippen MR) is 249 cm³/mol. The lowest BCUT2D eigenvalue weighted by atomic mass is 9.97. The van der Waals surface area contributed by atoms with Gasteiger partial charge in [0, 0.05) is 78.9 Å². The van der Waals surface area contributed by atoms with E-state index in [0.29, 0.717) is 42.3 Å². The van der Waals surface area contributed by atoms with E-state index in [0.717, 1.165) is 47.1 Å². The van der Waals surface area contributed by atoms with E-state index < -0.39 is 72.9 Å². The van der Waals surface area contributed by atoms with Crippen LogP contribution in [0.4, 0.5) is 17.1 Å². The molecule has 378 valence electrons. The number of carbonyl (C=O) groups is 8. The first kappa shape index (κ1) is 52.1. The Balaban J connectivity index is 1.27. The van der Waals surface area contributed by atoms with Crippen LogP contribution in [0.2, 0.25) is 0 Å². The minimum absolute atomic E-state index is 0.0571. The second kappa shape index (κ2) is 23.4. The molecule has 23 heteroatoms. The van der Waals surface area contributed by atoms with Gasteiger partial charge in [0.25, 0.3) is 17.7 Å². The Labute approximate surface area is 404 Å². The first-order chi connectivity index (χ1) is 33.3. The van der Waals surface area contributed by atoms with Gasteiger partial charge in [0.2, 0.25) is 5.91 Å². The molecular formula is C47H60N8O15. The van der Waals surface area contributed by atoms with E-state index in [9.17, 15) is 38.4 Å². The summed E-state index contributed by atoms with van der Waals surface area (Å²) in [4.78, 5) is 112. The highest BCUT2D eigenvalue weighted by Gasteiger charge is 2.53. The van der Waals surface area contributed by atoms with Gasteiger partial charge in [0.1, 0.15) is 24.1 Å². The Hall–Kier alpha value is -7.27. The number of amides is 4. The molecule has 23 nitrogen and oxygen atoms in total. The lowest BCUT2D eigenvalue weighted by molar-refractivity contribution is -0.268. The second-order valence-electron chi connectivity index (χ2n) is 17.2. The number of nitrogens with one attached hydrogen (secondary N) is 3. The van der Waals surface area contributed by atoms with Gasteiger partial charge in [-0.15, -0.1) is 0 Å². The van der Waals surface area contributed by atoms with Crippen molar-refractivity contribution in [2.24, 2.45) is 12.0 Å². The number of rotatable bonds is 20. The van der Waals surface area contributed by atoms with E-state index >= 15 is 0 Å². The number of aliphatic imine (C=N–C) groups is 1. The second-order valence-corrected chi connectivity index (χ2v) is 17.2. The van der Waals surface area contributed by atoms with Crippen LogP contribution in [0, 0.1) is 0 Å². The molecule has 3 aliphatic rings. The van der Waals surface area contributed by atoms with Crippen molar-refractivity contribution in [1.29, 1.82) is 0 Å². The quantitative estimate of drug-likeness (QED) is 0.0834. The molecule has 1 aromatic carbocycles. The summed E-state index contributed by atoms with van der Waals surface area (Å²) in [6.45, 7) is 5.72. The number of hydrogen-bond acceptors (Lipinski definition) is 17. The third kappa shape index (κ3) is 13.1. The van der Waals surface area contributed by atoms with Crippen LogP contribution in [-0.4, -0.2) is 157 Å². The standard InChI is InChI=1S/C47H60N8O15/c1-26(56)66-25-39-41(67-27(2)57)42(68-28(3)58)43(69-29(4)59)47(70-39)55-24-31(19-36(55)45(62)51-30-18-35(53(7)23-30)44(61)48-14-11-15-52(5)6)50-40(60)13-10-17-65-38-21-34-33(20-37(38)64-8)46(63)54-16-9-12-32(54)22-49-34/h18-24,32,39,41-43,47H,9-17,25H2,1-8H3,(H,48,61)(H,50,60)(H,51,62)/t32-,39-,41-,42+,43-,47+/m1/s1. The molecule has 3 aliphatic heterocycles. The number of carbonyl (C=O) groups excluding carboxylic acids is 8. The summed E-state index contributed by atoms with van der Waals surface area (Å²) < 4.78 is 42.8. The van der Waals surface area contributed by atoms with Gasteiger partial charge in [-0.25, -0.2) is 0 Å². The Bertz CT molecular complexity index is 2500. The highest BCUT2D eigenvalue weighted by Crippen LogP contribution is 2.39. The monoisotopic (exact) mass is 976 g/mol. The zero-order valence-electron chi connectivity index (χ0n) is 40.4. The van der Waals surface area contributed by atoms with Crippen molar-refractivity contribution in [3.63, 3.8) is 0 Å². The van der Waals surface area contributed by atoms with Crippen molar-refractivity contribution in [2.45, 2.75) is 96.5 Å². The molecule has 6 atom stereocenters. The van der Waals surface area contributed by atoms with Crippen LogP contribution in [0.3, 0.4) is 0 Å². The van der Waals surface area contributed by atoms with Crippen LogP contribution >= 0.6 is 0 Å². The SMILES string of the molecule is COc1cc2c(cc1OCCCC(=O)Nc1cc(C(=O)Nc3cc(C(=O)NCCCN(C)C)n(C)c3)n([C@H]3O[C@H](COC(C)=O)[C@@H](OC(C)=O)[C@H](OC(C)=O)[C@H]3OC(C)=O)c1)N=C[C@H]1CCCN1C2=O. The number of esters is 4. The fraction of sp³-hybridized carbons (Fsp3) is 0.511. The first-order valence-electron chi connectivity index (χ1n) is 22.8. The zero-order valence-corrected chi connectivity index (χ0v) is 40.4. The summed E-state index contributed by atoms with van der Waals surface area (Å²) in [5, 5.41) is 8.40. The molecule has 0 saturated carbocycles. The van der Waals surface area contributed by atoms with E-state index in [1.54, 1.807) is 30.3 Å². The summed E-state index contributed by atoms with van der Waals surface area (Å²) in [6.07, 6.45) is -0.403. The number of nitrogens with zero attached hydrogens (tertiary/aromatic N) is 5. The van der Waals surface area contributed by atoms with Crippen molar-refractivity contribution in [3.05, 3.63) is 53.6 Å². The fourth-order valence-corrected chi connectivity index (χ4v) is 8.37. The fourth-order valence-electron chi connectivity index (χ4n) is 8.37. The van der Waals surface area contributed by atoms with Gasteiger partial charge >= 0.3 is 23.9 Å². The van der Waals surface area contributed by atoms with Crippen molar-refractivity contribution in [1.82, 2.24) is 24.3 Å². The maximum atomic E-state index is 14.4. The van der Waals surface area contributed by atoms with Crippen LogP contribution in [0.5, 0.6) is 11.5 Å². The van der Waals surface area contributed by atoms with Crippen LogP contribution in [0.25, 0.3) is 0 Å². The van der Waals surface area contributed by atoms with Crippen molar-refractivity contribution in [3.8, 4) is 11.5 Å². The Kier molecular flexibility index (Phi) is 17.4. The van der Waals surface area contributed by atoms with E-state index in [1.165, 1.54) is 40.8 Å². The Morgan fingerprint density at radius 3 is 2.19 bits per heavy atom. The first-order valence-corrected chi connectivity index (χ1v) is 22.8. The molecule has 3 N–H and O–H groups in total. The summed E-state index contributed by atoms with van der Waals surface area (Å²) in [5.41, 5.74) is 1.20. The molecular weight excluding hydrogens is 917 g/mol. The van der Waals surface area contributed by atoms with Gasteiger partial charge in [0.05, 0.1) is 42.4 Å². The average molecular weight is 977 g/mol. The highest BCUT2D eigenvalue weighted by molar-refractivity contribution is 6.06. The van der Waals surface area contributed by atoms with Gasteiger partial charge in [0.15, 0.2) is 36.0 Å². The van der Waals surface area contributed by atoms with Crippen molar-refractivity contribution in [2.75, 3.05) is 64.7 Å². The molecule has 3 aromatic rings. The lowest BCUT2D eigenvalue weighted by Gasteiger charge is -2.45. The molecule has 0 bridgehead atoms. The molecule has 70 heavy (non-hydrogen) atoms. The number of fused-ring (bicyclic) bond motifs is 2. The topological polar surface area (TPSA) is 266 Å². The number of methoxy groups -OCH3 is 1. The van der Waals surface area contributed by atoms with Gasteiger partial charge in [-0.3, -0.25) is 43.3 Å². The van der Waals surface area contributed by atoms with Gasteiger partial charge < -0.3 is 68.0 Å². The molecule has 2 fully saturated rings. The van der Waals surface area contributed by atoms with Gasteiger partial charge in [-0.05, 0) is 64.5 Å². The molecule has 0 radical (unpaired) electrons. The molecule has 0 unspecified atom stereocenters. The molecule has 2 aromatic heterocycles. The Morgan fingerprint density at radius 2 is 1.50 bits per heavy atom. The number of benzene rings is 1. The van der Waals surface area contributed by atoms with Crippen LogP contribution < -0.4 is 25.4 Å². The average Bonchev–Trinajstić information content (AvgIpc) is 4.02. The summed E-state index contributed by atoms with van der Waals surface area (Å²) >= 11 is 0. The van der Waals surface area contributed by atoms with Crippen molar-refractivity contribution < 1.29 is 71.5 Å². The maximum Gasteiger partial charge on any atom is 0.303 e. The molecule has 0 aliphatic carbocycles. The minimum atomic E-state index is -1.61. The molecule has 0 spiro atoms. The number of ether oxygens (including phenoxy) is 7. The zero-order chi connectivity index (χ0) is 50.8. The van der Waals surface area contributed by atoms with E-state index in [2.05, 4.69) is 20.9 Å². The number of aromatic nitrogens is 2. The van der Waals surface area contributed by atoms with E-state index in [4.69, 9.17) is 33.2 Å². The molecule has 4 amide bonds. The van der Waals surface area contributed by atoms with E-state index in [-0.39, 0.29) is 60.1 Å². The number of hydrogen-bond donors (Lipinski definition) is 3. The predicted octanol–water partition coefficient (Wildman–Crippen LogP) is 3.14. The normalized spacial score (nSPS) is 20.4. The van der Waals surface area contributed by atoms with Crippen molar-refractivity contribution >= 4 is 70.8 Å². The van der Waals surface area contributed by atoms with E-state index in [1.807, 2.05) is 19.0 Å². The maximum absolute atomic E-state index is 14.4. The largest absolute Gasteiger partial charge is 0.493 e. The minimum Gasteiger partial charge on any atom is -0.493 e. The highest BCUT2D eigenvalue weighted by atomic mass is 16.7. The number of aryl methyl sites for hydroxylation is 1. The summed E-state index contributed by atoms with van der Waals surface area (Å²) in [6, 6.07) is 5.95. The van der Waals surface area contributed by atoms with Crippen LogP contribution in [-0.2, 0) is 54.7 Å². The Morgan fingerprint density at radius 1 is 0.814 bits per heavy atom. The smallest absolute Gasteiger partial charge is 0.303 e. The lowest BCUT2D eigenvalue weighted by Crippen LogP contribution is -2.60.